The largest absolute Gasteiger partial charge is 0.486 e. The predicted octanol–water partition coefficient (Wildman–Crippen LogP) is 3.95. The van der Waals surface area contributed by atoms with Crippen LogP contribution in [0.4, 0.5) is 0 Å². The Morgan fingerprint density at radius 3 is 1.31 bits per heavy atom. The Kier molecular flexibility index (Phi) is 25.5. The second-order valence-electron chi connectivity index (χ2n) is 9.83. The van der Waals surface area contributed by atoms with Gasteiger partial charge in [0.2, 0.25) is 0 Å². The van der Waals surface area contributed by atoms with Gasteiger partial charge in [-0.15, -0.1) is 0 Å². The first-order valence-corrected chi connectivity index (χ1v) is 17.7. The summed E-state index contributed by atoms with van der Waals surface area (Å²) in [5.74, 6) is 2.17. The molecule has 0 aromatic heterocycles. The molecule has 0 aliphatic heterocycles. The molecule has 1 aromatic rings. The number of benzene rings is 1. The van der Waals surface area contributed by atoms with Crippen molar-refractivity contribution in [2.45, 2.75) is 27.2 Å². The van der Waals surface area contributed by atoms with Gasteiger partial charge in [0.1, 0.15) is 12.4 Å². The van der Waals surface area contributed by atoms with E-state index in [0.717, 1.165) is 0 Å². The van der Waals surface area contributed by atoms with Crippen molar-refractivity contribution in [1.82, 2.24) is 0 Å². The van der Waals surface area contributed by atoms with Gasteiger partial charge >= 0.3 is 0 Å². The topological polar surface area (TPSA) is 133 Å². The van der Waals surface area contributed by atoms with Gasteiger partial charge in [0.05, 0.1) is 79.3 Å². The summed E-state index contributed by atoms with van der Waals surface area (Å²) in [6, 6.07) is 9.11. The van der Waals surface area contributed by atoms with E-state index in [-0.39, 0.29) is 73.8 Å². The molecule has 1 aromatic carbocycles. The standard InChI is InChI=1S/C31H48O11S3/c1-26(32)43-18-15-36-9-12-39-23-31(24-40-13-10-37-16-19-44-27(2)33,25-41-14-11-38-17-20-45-28(3)34)21-29(35)22-42-30-7-5-4-6-8-30/h4-8H,9-25H2,1-3H3. The molecule has 0 radical (unpaired) electrons. The first-order valence-electron chi connectivity index (χ1n) is 14.8. The lowest BCUT2D eigenvalue weighted by Gasteiger charge is -2.33. The van der Waals surface area contributed by atoms with Crippen molar-refractivity contribution in [3.63, 3.8) is 0 Å². The van der Waals surface area contributed by atoms with Gasteiger partial charge in [0, 0.05) is 49.9 Å². The second-order valence-corrected chi connectivity index (χ2v) is 13.6. The molecule has 0 heterocycles. The van der Waals surface area contributed by atoms with Crippen LogP contribution in [-0.2, 0) is 47.6 Å². The molecular weight excluding hydrogens is 645 g/mol. The number of carbonyl (C=O) groups is 4. The number of para-hydroxylation sites is 1. The molecule has 0 unspecified atom stereocenters. The number of ketones is 1. The summed E-state index contributed by atoms with van der Waals surface area (Å²) in [6.07, 6.45) is 0.0855. The van der Waals surface area contributed by atoms with Crippen molar-refractivity contribution >= 4 is 56.4 Å². The van der Waals surface area contributed by atoms with Crippen molar-refractivity contribution in [2.75, 3.05) is 103 Å². The molecule has 14 heteroatoms. The third kappa shape index (κ3) is 25.3. The number of hydrogen-bond donors (Lipinski definition) is 0. The Labute approximate surface area is 279 Å². The summed E-state index contributed by atoms with van der Waals surface area (Å²) in [6.45, 7) is 8.08. The molecule has 11 nitrogen and oxygen atoms in total. The van der Waals surface area contributed by atoms with E-state index in [4.69, 9.17) is 33.2 Å². The molecule has 0 saturated carbocycles. The molecule has 0 amide bonds. The number of rotatable bonds is 29. The van der Waals surface area contributed by atoms with E-state index in [1.165, 1.54) is 56.1 Å². The van der Waals surface area contributed by atoms with Gasteiger partial charge < -0.3 is 33.2 Å². The van der Waals surface area contributed by atoms with Gasteiger partial charge in [-0.3, -0.25) is 19.2 Å². The zero-order valence-corrected chi connectivity index (χ0v) is 29.1. The molecule has 1 rings (SSSR count). The van der Waals surface area contributed by atoms with Crippen LogP contribution in [-0.4, -0.2) is 124 Å². The third-order valence-electron chi connectivity index (χ3n) is 5.65. The highest BCUT2D eigenvalue weighted by molar-refractivity contribution is 8.14. The van der Waals surface area contributed by atoms with Crippen LogP contribution in [0.15, 0.2) is 30.3 Å². The van der Waals surface area contributed by atoms with Gasteiger partial charge in [0.25, 0.3) is 0 Å². The minimum atomic E-state index is -0.823. The fraction of sp³-hybridized carbons (Fsp3) is 0.677. The van der Waals surface area contributed by atoms with E-state index in [1.54, 1.807) is 12.1 Å². The van der Waals surface area contributed by atoms with Crippen LogP contribution < -0.4 is 4.74 Å². The molecule has 256 valence electrons. The van der Waals surface area contributed by atoms with Crippen LogP contribution >= 0.6 is 35.3 Å². The Morgan fingerprint density at radius 1 is 0.556 bits per heavy atom. The summed E-state index contributed by atoms with van der Waals surface area (Å²) >= 11 is 3.62. The lowest BCUT2D eigenvalue weighted by Crippen LogP contribution is -2.41. The first kappa shape index (κ1) is 41.5. The molecular formula is C31H48O11S3. The molecule has 0 N–H and O–H groups in total. The van der Waals surface area contributed by atoms with E-state index in [1.807, 2.05) is 18.2 Å². The van der Waals surface area contributed by atoms with Crippen LogP contribution in [0.1, 0.15) is 27.2 Å². The highest BCUT2D eigenvalue weighted by Gasteiger charge is 2.35. The van der Waals surface area contributed by atoms with Gasteiger partial charge in [-0.25, -0.2) is 0 Å². The van der Waals surface area contributed by atoms with Gasteiger partial charge in [-0.1, -0.05) is 53.5 Å². The van der Waals surface area contributed by atoms with Crippen LogP contribution in [0.25, 0.3) is 0 Å². The molecule has 0 fully saturated rings. The molecule has 0 aliphatic carbocycles. The zero-order chi connectivity index (χ0) is 33.0. The quantitative estimate of drug-likeness (QED) is 0.112. The Hall–Kier alpha value is -1.49. The minimum Gasteiger partial charge on any atom is -0.486 e. The molecule has 45 heavy (non-hydrogen) atoms. The van der Waals surface area contributed by atoms with E-state index in [2.05, 4.69) is 0 Å². The number of Topliss-reactive ketones (excluding diaryl/α,β-unsaturated/α-hetero) is 1. The summed E-state index contributed by atoms with van der Waals surface area (Å²) < 4.78 is 40.3. The zero-order valence-electron chi connectivity index (χ0n) is 26.6. The van der Waals surface area contributed by atoms with Crippen LogP contribution in [0.2, 0.25) is 0 Å². The lowest BCUT2D eigenvalue weighted by atomic mass is 9.85. The Balaban J connectivity index is 2.75. The van der Waals surface area contributed by atoms with E-state index in [0.29, 0.717) is 62.6 Å². The third-order valence-corrected chi connectivity index (χ3v) is 7.99. The SMILES string of the molecule is CC(=O)SCCOCCOCC(COCCOCCSC(C)=O)(COCCOCCSC(C)=O)CC(=O)COc1ccccc1. The summed E-state index contributed by atoms with van der Waals surface area (Å²) in [5, 5.41) is 0.128. The predicted molar refractivity (Wildman–Crippen MR) is 178 cm³/mol. The molecule has 0 saturated heterocycles. The molecule has 0 atom stereocenters. The Morgan fingerprint density at radius 2 is 0.933 bits per heavy atom. The van der Waals surface area contributed by atoms with Crippen LogP contribution in [0.5, 0.6) is 5.75 Å². The molecule has 0 aliphatic rings. The first-order chi connectivity index (χ1) is 21.7. The summed E-state index contributed by atoms with van der Waals surface area (Å²) in [5.41, 5.74) is -0.823. The number of thioether (sulfide) groups is 3. The van der Waals surface area contributed by atoms with Crippen LogP contribution in [0, 0.1) is 5.41 Å². The average molecular weight is 693 g/mol. The maximum Gasteiger partial charge on any atom is 0.185 e. The summed E-state index contributed by atoms with van der Waals surface area (Å²) in [7, 11) is 0. The van der Waals surface area contributed by atoms with Crippen molar-refractivity contribution in [3.05, 3.63) is 30.3 Å². The monoisotopic (exact) mass is 692 g/mol. The fourth-order valence-corrected chi connectivity index (χ4v) is 5.15. The van der Waals surface area contributed by atoms with E-state index in [9.17, 15) is 19.2 Å². The normalized spacial score (nSPS) is 11.4. The van der Waals surface area contributed by atoms with Crippen molar-refractivity contribution in [2.24, 2.45) is 5.41 Å². The number of carbonyl (C=O) groups excluding carboxylic acids is 4. The molecule has 0 bridgehead atoms. The maximum absolute atomic E-state index is 13.2. The average Bonchev–Trinajstić information content (AvgIpc) is 3.00. The number of hydrogen-bond acceptors (Lipinski definition) is 14. The highest BCUT2D eigenvalue weighted by atomic mass is 32.2. The molecule has 0 spiro atoms. The van der Waals surface area contributed by atoms with Crippen molar-refractivity contribution in [1.29, 1.82) is 0 Å². The van der Waals surface area contributed by atoms with Gasteiger partial charge in [-0.05, 0) is 12.1 Å². The second kappa shape index (κ2) is 27.6. The highest BCUT2D eigenvalue weighted by Crippen LogP contribution is 2.26. The lowest BCUT2D eigenvalue weighted by molar-refractivity contribution is -0.132. The fourth-order valence-electron chi connectivity index (χ4n) is 3.69. The Bertz CT molecular complexity index is 876. The maximum atomic E-state index is 13.2. The van der Waals surface area contributed by atoms with E-state index < -0.39 is 5.41 Å². The van der Waals surface area contributed by atoms with Crippen molar-refractivity contribution < 1.29 is 52.3 Å². The number of ether oxygens (including phenoxy) is 7. The van der Waals surface area contributed by atoms with Gasteiger partial charge in [0.15, 0.2) is 21.1 Å². The van der Waals surface area contributed by atoms with E-state index >= 15 is 0 Å². The minimum absolute atomic E-state index is 0.0428. The van der Waals surface area contributed by atoms with Crippen molar-refractivity contribution in [3.8, 4) is 5.75 Å². The van der Waals surface area contributed by atoms with Crippen LogP contribution in [0.3, 0.4) is 0 Å². The summed E-state index contributed by atoms with van der Waals surface area (Å²) in [4.78, 5) is 46.4. The van der Waals surface area contributed by atoms with Gasteiger partial charge in [-0.2, -0.15) is 0 Å². The smallest absolute Gasteiger partial charge is 0.185 e.